The highest BCUT2D eigenvalue weighted by atomic mass is 19.1. The Morgan fingerprint density at radius 1 is 1.28 bits per heavy atom. The van der Waals surface area contributed by atoms with E-state index in [0.29, 0.717) is 11.4 Å². The summed E-state index contributed by atoms with van der Waals surface area (Å²) in [6, 6.07) is 7.94. The number of hydrogen-bond donors (Lipinski definition) is 1. The highest BCUT2D eigenvalue weighted by Crippen LogP contribution is 2.24. The maximum Gasteiger partial charge on any atom is 0.219 e. The molecule has 18 heavy (non-hydrogen) atoms. The van der Waals surface area contributed by atoms with Crippen LogP contribution in [-0.4, -0.2) is 10.1 Å². The molecule has 1 aromatic heterocycles. The van der Waals surface area contributed by atoms with Gasteiger partial charge in [0.25, 0.3) is 0 Å². The van der Waals surface area contributed by atoms with Crippen molar-refractivity contribution in [2.24, 2.45) is 0 Å². The van der Waals surface area contributed by atoms with Gasteiger partial charge in [0.2, 0.25) is 5.88 Å². The predicted octanol–water partition coefficient (Wildman–Crippen LogP) is 3.37. The summed E-state index contributed by atoms with van der Waals surface area (Å²) >= 11 is 0. The number of aliphatic hydroxyl groups excluding tert-OH is 1. The first-order valence-electron chi connectivity index (χ1n) is 5.64. The van der Waals surface area contributed by atoms with Crippen LogP contribution in [0.2, 0.25) is 0 Å². The number of pyridine rings is 1. The van der Waals surface area contributed by atoms with E-state index in [1.165, 1.54) is 12.3 Å². The fourth-order valence-corrected chi connectivity index (χ4v) is 1.50. The van der Waals surface area contributed by atoms with Gasteiger partial charge in [0.15, 0.2) is 11.6 Å². The summed E-state index contributed by atoms with van der Waals surface area (Å²) in [5, 5.41) is 9.34. The van der Waals surface area contributed by atoms with E-state index in [4.69, 9.17) is 4.74 Å². The summed E-state index contributed by atoms with van der Waals surface area (Å²) in [6.45, 7) is 3.51. The molecule has 0 saturated heterocycles. The van der Waals surface area contributed by atoms with E-state index in [1.54, 1.807) is 31.2 Å². The first-order chi connectivity index (χ1) is 8.56. The third kappa shape index (κ3) is 2.84. The van der Waals surface area contributed by atoms with Crippen molar-refractivity contribution in [3.05, 3.63) is 53.5 Å². The molecule has 0 spiro atoms. The standard InChI is InChI=1S/C14H14FNO2/c1-9-3-5-12(15)13(7-9)18-14-6-4-11(8-16-14)10(2)17/h3-8,10,17H,1-2H3. The van der Waals surface area contributed by atoms with Gasteiger partial charge in [-0.25, -0.2) is 9.37 Å². The van der Waals surface area contributed by atoms with Gasteiger partial charge >= 0.3 is 0 Å². The molecule has 4 heteroatoms. The van der Waals surface area contributed by atoms with Crippen LogP contribution in [0.5, 0.6) is 11.6 Å². The first-order valence-corrected chi connectivity index (χ1v) is 5.64. The summed E-state index contributed by atoms with van der Waals surface area (Å²) in [5.41, 5.74) is 1.60. The maximum atomic E-state index is 13.5. The summed E-state index contributed by atoms with van der Waals surface area (Å²) < 4.78 is 18.8. The molecular weight excluding hydrogens is 233 g/mol. The summed E-state index contributed by atoms with van der Waals surface area (Å²) in [4.78, 5) is 4.02. The van der Waals surface area contributed by atoms with E-state index in [0.717, 1.165) is 5.56 Å². The Hall–Kier alpha value is -1.94. The number of aryl methyl sites for hydroxylation is 1. The SMILES string of the molecule is Cc1ccc(F)c(Oc2ccc(C(C)O)cn2)c1. The Labute approximate surface area is 105 Å². The molecule has 1 unspecified atom stereocenters. The minimum atomic E-state index is -0.581. The van der Waals surface area contributed by atoms with Crippen molar-refractivity contribution in [3.8, 4) is 11.6 Å². The van der Waals surface area contributed by atoms with Crippen LogP contribution in [-0.2, 0) is 0 Å². The van der Waals surface area contributed by atoms with Crippen molar-refractivity contribution in [2.45, 2.75) is 20.0 Å². The van der Waals surface area contributed by atoms with Gasteiger partial charge in [-0.15, -0.1) is 0 Å². The second kappa shape index (κ2) is 5.14. The Morgan fingerprint density at radius 2 is 2.06 bits per heavy atom. The summed E-state index contributed by atoms with van der Waals surface area (Å²) in [6.07, 6.45) is 0.926. The van der Waals surface area contributed by atoms with Crippen LogP contribution in [0.1, 0.15) is 24.2 Å². The van der Waals surface area contributed by atoms with Gasteiger partial charge < -0.3 is 9.84 Å². The average Bonchev–Trinajstić information content (AvgIpc) is 2.34. The topological polar surface area (TPSA) is 42.4 Å². The maximum absolute atomic E-state index is 13.5. The summed E-state index contributed by atoms with van der Waals surface area (Å²) in [7, 11) is 0. The molecule has 0 saturated carbocycles. The lowest BCUT2D eigenvalue weighted by Crippen LogP contribution is -1.95. The average molecular weight is 247 g/mol. The molecule has 2 rings (SSSR count). The molecule has 0 radical (unpaired) electrons. The number of benzene rings is 1. The minimum absolute atomic E-state index is 0.146. The van der Waals surface area contributed by atoms with Crippen molar-refractivity contribution in [1.82, 2.24) is 4.98 Å². The highest BCUT2D eigenvalue weighted by Gasteiger charge is 2.07. The molecule has 1 atom stereocenters. The van der Waals surface area contributed by atoms with E-state index in [9.17, 15) is 9.50 Å². The van der Waals surface area contributed by atoms with E-state index >= 15 is 0 Å². The van der Waals surface area contributed by atoms with Gasteiger partial charge in [-0.05, 0) is 43.2 Å². The lowest BCUT2D eigenvalue weighted by atomic mass is 10.2. The van der Waals surface area contributed by atoms with Crippen LogP contribution in [0.3, 0.4) is 0 Å². The van der Waals surface area contributed by atoms with Gasteiger partial charge in [0, 0.05) is 12.3 Å². The Balaban J connectivity index is 2.21. The molecule has 0 amide bonds. The predicted molar refractivity (Wildman–Crippen MR) is 66.1 cm³/mol. The van der Waals surface area contributed by atoms with Crippen molar-refractivity contribution in [3.63, 3.8) is 0 Å². The molecule has 0 aliphatic carbocycles. The van der Waals surface area contributed by atoms with Gasteiger partial charge in [0.1, 0.15) is 0 Å². The lowest BCUT2D eigenvalue weighted by Gasteiger charge is -2.08. The Morgan fingerprint density at radius 3 is 2.67 bits per heavy atom. The molecule has 2 aromatic rings. The fraction of sp³-hybridized carbons (Fsp3) is 0.214. The van der Waals surface area contributed by atoms with E-state index < -0.39 is 11.9 Å². The van der Waals surface area contributed by atoms with Gasteiger partial charge in [0.05, 0.1) is 6.10 Å². The van der Waals surface area contributed by atoms with Crippen LogP contribution in [0, 0.1) is 12.7 Å². The smallest absolute Gasteiger partial charge is 0.219 e. The minimum Gasteiger partial charge on any atom is -0.436 e. The number of nitrogens with zero attached hydrogens (tertiary/aromatic N) is 1. The second-order valence-electron chi connectivity index (χ2n) is 4.14. The van der Waals surface area contributed by atoms with Crippen LogP contribution >= 0.6 is 0 Å². The molecule has 0 aliphatic rings. The van der Waals surface area contributed by atoms with Crippen LogP contribution < -0.4 is 4.74 Å². The highest BCUT2D eigenvalue weighted by molar-refractivity contribution is 5.33. The zero-order valence-corrected chi connectivity index (χ0v) is 10.2. The van der Waals surface area contributed by atoms with Crippen molar-refractivity contribution in [1.29, 1.82) is 0 Å². The zero-order valence-electron chi connectivity index (χ0n) is 10.2. The Kier molecular flexibility index (Phi) is 3.58. The number of hydrogen-bond acceptors (Lipinski definition) is 3. The molecule has 94 valence electrons. The molecule has 0 fully saturated rings. The summed E-state index contributed by atoms with van der Waals surface area (Å²) in [5.74, 6) is 0.0122. The first kappa shape index (κ1) is 12.5. The van der Waals surface area contributed by atoms with Gasteiger partial charge in [-0.1, -0.05) is 6.07 Å². The number of ether oxygens (including phenoxy) is 1. The molecular formula is C14H14FNO2. The number of aliphatic hydroxyl groups is 1. The second-order valence-corrected chi connectivity index (χ2v) is 4.14. The van der Waals surface area contributed by atoms with Crippen LogP contribution in [0.4, 0.5) is 4.39 Å². The van der Waals surface area contributed by atoms with Gasteiger partial charge in [-0.3, -0.25) is 0 Å². The van der Waals surface area contributed by atoms with Crippen LogP contribution in [0.15, 0.2) is 36.5 Å². The number of halogens is 1. The van der Waals surface area contributed by atoms with Crippen molar-refractivity contribution < 1.29 is 14.2 Å². The molecule has 1 heterocycles. The van der Waals surface area contributed by atoms with Crippen molar-refractivity contribution in [2.75, 3.05) is 0 Å². The number of rotatable bonds is 3. The normalized spacial score (nSPS) is 12.2. The third-order valence-electron chi connectivity index (χ3n) is 2.54. The van der Waals surface area contributed by atoms with E-state index in [2.05, 4.69) is 4.98 Å². The molecule has 0 aliphatic heterocycles. The van der Waals surface area contributed by atoms with E-state index in [-0.39, 0.29) is 5.75 Å². The Bertz CT molecular complexity index is 538. The van der Waals surface area contributed by atoms with E-state index in [1.807, 2.05) is 6.92 Å². The lowest BCUT2D eigenvalue weighted by molar-refractivity contribution is 0.198. The molecule has 1 aromatic carbocycles. The fourth-order valence-electron chi connectivity index (χ4n) is 1.50. The zero-order chi connectivity index (χ0) is 13.1. The monoisotopic (exact) mass is 247 g/mol. The number of aromatic nitrogens is 1. The van der Waals surface area contributed by atoms with Gasteiger partial charge in [-0.2, -0.15) is 0 Å². The molecule has 0 bridgehead atoms. The third-order valence-corrected chi connectivity index (χ3v) is 2.54. The molecule has 3 nitrogen and oxygen atoms in total. The quantitative estimate of drug-likeness (QED) is 0.904. The van der Waals surface area contributed by atoms with Crippen LogP contribution in [0.25, 0.3) is 0 Å². The largest absolute Gasteiger partial charge is 0.436 e. The molecule has 1 N–H and O–H groups in total. The van der Waals surface area contributed by atoms with Crippen molar-refractivity contribution >= 4 is 0 Å².